The largest absolute Gasteiger partial charge is 0.491 e. The van der Waals surface area contributed by atoms with Gasteiger partial charge in [-0.2, -0.15) is 0 Å². The molecule has 37 heavy (non-hydrogen) atoms. The Morgan fingerprint density at radius 2 is 1.14 bits per heavy atom. The van der Waals surface area contributed by atoms with Crippen LogP contribution in [0.3, 0.4) is 0 Å². The molecule has 0 spiro atoms. The molecular formula is C32H38N4O. The van der Waals surface area contributed by atoms with Gasteiger partial charge in [0.2, 0.25) is 0 Å². The van der Waals surface area contributed by atoms with Crippen LogP contribution >= 0.6 is 0 Å². The van der Waals surface area contributed by atoms with Gasteiger partial charge in [0.15, 0.2) is 0 Å². The molecule has 0 atom stereocenters. The van der Waals surface area contributed by atoms with Crippen molar-refractivity contribution in [1.82, 2.24) is 19.9 Å². The van der Waals surface area contributed by atoms with Gasteiger partial charge in [0.05, 0.1) is 34.9 Å². The summed E-state index contributed by atoms with van der Waals surface area (Å²) in [7, 11) is 0. The molecule has 0 amide bonds. The number of ether oxygens (including phenoxy) is 1. The highest BCUT2D eigenvalue weighted by Crippen LogP contribution is 2.25. The summed E-state index contributed by atoms with van der Waals surface area (Å²) in [6, 6.07) is 14.5. The summed E-state index contributed by atoms with van der Waals surface area (Å²) < 4.78 is 6.26. The van der Waals surface area contributed by atoms with Crippen molar-refractivity contribution in [3.8, 4) is 5.75 Å². The molecule has 2 aliphatic rings. The fraction of sp³-hybridized carbons (Fsp3) is 0.375. The summed E-state index contributed by atoms with van der Waals surface area (Å²) in [6.45, 7) is 3.01. The first-order valence-electron chi connectivity index (χ1n) is 14.0. The summed E-state index contributed by atoms with van der Waals surface area (Å²) in [5.41, 5.74) is 7.62. The third-order valence-corrected chi connectivity index (χ3v) is 6.89. The van der Waals surface area contributed by atoms with Crippen molar-refractivity contribution < 1.29 is 4.74 Å². The number of nitrogens with one attached hydrogen (secondary N) is 2. The van der Waals surface area contributed by atoms with Crippen LogP contribution < -0.4 is 4.74 Å². The van der Waals surface area contributed by atoms with Crippen molar-refractivity contribution in [3.05, 3.63) is 65.2 Å². The van der Waals surface area contributed by atoms with E-state index in [2.05, 4.69) is 53.3 Å². The van der Waals surface area contributed by atoms with Gasteiger partial charge in [-0.05, 0) is 67.1 Å². The molecule has 3 aromatic heterocycles. The predicted molar refractivity (Wildman–Crippen MR) is 156 cm³/mol. The maximum Gasteiger partial charge on any atom is 0.144 e. The minimum Gasteiger partial charge on any atom is -0.491 e. The number of rotatable bonds is 12. The van der Waals surface area contributed by atoms with Crippen LogP contribution in [0.1, 0.15) is 93.9 Å². The Morgan fingerprint density at radius 3 is 1.81 bits per heavy atom. The third-order valence-electron chi connectivity index (χ3n) is 6.89. The van der Waals surface area contributed by atoms with E-state index in [0.29, 0.717) is 0 Å². The normalized spacial score (nSPS) is 12.4. The smallest absolute Gasteiger partial charge is 0.144 e. The number of H-pyrrole nitrogens is 2. The SMILES string of the molecule is CCCCCCCCCCCCOc1cc2cc3ccc(cc4nc(cc5nc(cc1[nH]2)C=C5)C=C4)[nH]3. The molecular weight excluding hydrogens is 456 g/mol. The maximum atomic E-state index is 6.26. The van der Waals surface area contributed by atoms with Crippen molar-refractivity contribution in [2.75, 3.05) is 6.61 Å². The van der Waals surface area contributed by atoms with Gasteiger partial charge in [-0.3, -0.25) is 0 Å². The van der Waals surface area contributed by atoms with Gasteiger partial charge in [0.25, 0.3) is 0 Å². The highest BCUT2D eigenvalue weighted by molar-refractivity contribution is 5.79. The highest BCUT2D eigenvalue weighted by atomic mass is 16.5. The molecule has 0 radical (unpaired) electrons. The van der Waals surface area contributed by atoms with Crippen molar-refractivity contribution in [3.63, 3.8) is 0 Å². The first kappa shape index (κ1) is 25.1. The zero-order chi connectivity index (χ0) is 25.3. The fourth-order valence-corrected chi connectivity index (χ4v) is 4.88. The van der Waals surface area contributed by atoms with E-state index < -0.39 is 0 Å². The molecule has 5 nitrogen and oxygen atoms in total. The van der Waals surface area contributed by atoms with E-state index in [1.165, 1.54) is 57.8 Å². The number of nitrogens with zero attached hydrogens (tertiary/aromatic N) is 2. The monoisotopic (exact) mass is 494 g/mol. The van der Waals surface area contributed by atoms with Gasteiger partial charge in [0, 0.05) is 22.6 Å². The molecule has 3 aromatic rings. The number of aromatic nitrogens is 4. The van der Waals surface area contributed by atoms with Crippen molar-refractivity contribution >= 4 is 46.4 Å². The van der Waals surface area contributed by atoms with Crippen LogP contribution in [0.15, 0.2) is 42.5 Å². The second-order valence-corrected chi connectivity index (χ2v) is 10.1. The van der Waals surface area contributed by atoms with E-state index in [1.807, 2.05) is 30.4 Å². The van der Waals surface area contributed by atoms with Gasteiger partial charge < -0.3 is 14.7 Å². The summed E-state index contributed by atoms with van der Waals surface area (Å²) in [6.07, 6.45) is 21.3. The zero-order valence-electron chi connectivity index (χ0n) is 21.9. The van der Waals surface area contributed by atoms with Gasteiger partial charge >= 0.3 is 0 Å². The van der Waals surface area contributed by atoms with Crippen molar-refractivity contribution in [2.24, 2.45) is 0 Å². The Kier molecular flexibility index (Phi) is 8.52. The Hall–Kier alpha value is -3.60. The standard InChI is InChI=1S/C32H38N4O/c1-2-3-4-5-6-7-8-9-10-11-18-37-32-23-30-21-28-15-14-26(34-28)19-24-12-13-25(33-24)20-27-16-17-29(35-27)22-31(32)36-30/h12-17,19-23,34,36H,2-11,18H2,1H3. The van der Waals surface area contributed by atoms with E-state index in [-0.39, 0.29) is 0 Å². The number of hydrogen-bond donors (Lipinski definition) is 2. The Balaban J connectivity index is 1.30. The number of hydrogen-bond acceptors (Lipinski definition) is 3. The topological polar surface area (TPSA) is 66.6 Å². The van der Waals surface area contributed by atoms with Crippen LogP contribution in [0.25, 0.3) is 46.4 Å². The number of fused-ring (bicyclic) bond motifs is 8. The Morgan fingerprint density at radius 1 is 0.568 bits per heavy atom. The first-order chi connectivity index (χ1) is 18.2. The van der Waals surface area contributed by atoms with Gasteiger partial charge in [-0.25, -0.2) is 9.97 Å². The van der Waals surface area contributed by atoms with Gasteiger partial charge in [0.1, 0.15) is 5.75 Å². The average Bonchev–Trinajstić information content (AvgIpc) is 3.68. The molecule has 0 aromatic carbocycles. The Labute approximate surface area is 219 Å². The second-order valence-electron chi connectivity index (χ2n) is 10.1. The van der Waals surface area contributed by atoms with Crippen LogP contribution in [0.2, 0.25) is 0 Å². The summed E-state index contributed by atoms with van der Waals surface area (Å²) in [5, 5.41) is 0. The van der Waals surface area contributed by atoms with Crippen molar-refractivity contribution in [1.29, 1.82) is 0 Å². The van der Waals surface area contributed by atoms with Gasteiger partial charge in [-0.15, -0.1) is 0 Å². The van der Waals surface area contributed by atoms with Crippen LogP contribution in [-0.2, 0) is 0 Å². The first-order valence-corrected chi connectivity index (χ1v) is 14.0. The molecule has 192 valence electrons. The second kappa shape index (κ2) is 12.6. The summed E-state index contributed by atoms with van der Waals surface area (Å²) in [5.74, 6) is 0.875. The lowest BCUT2D eigenvalue weighted by Crippen LogP contribution is -1.96. The van der Waals surface area contributed by atoms with Crippen molar-refractivity contribution in [2.45, 2.75) is 71.1 Å². The molecule has 0 saturated carbocycles. The molecule has 2 aliphatic heterocycles. The van der Waals surface area contributed by atoms with Crippen LogP contribution in [0, 0.1) is 0 Å². The molecule has 0 saturated heterocycles. The van der Waals surface area contributed by atoms with Gasteiger partial charge in [-0.1, -0.05) is 64.7 Å². The predicted octanol–water partition coefficient (Wildman–Crippen LogP) is 8.96. The molecule has 2 N–H and O–H groups in total. The maximum absolute atomic E-state index is 6.26. The van der Waals surface area contributed by atoms with E-state index >= 15 is 0 Å². The number of aromatic amines is 2. The lowest BCUT2D eigenvalue weighted by atomic mass is 10.1. The average molecular weight is 495 g/mol. The summed E-state index contributed by atoms with van der Waals surface area (Å²) >= 11 is 0. The molecule has 5 heterocycles. The van der Waals surface area contributed by atoms with E-state index in [1.54, 1.807) is 0 Å². The van der Waals surface area contributed by atoms with E-state index in [9.17, 15) is 0 Å². The Bertz CT molecular complexity index is 1410. The minimum atomic E-state index is 0.731. The molecule has 5 heteroatoms. The third kappa shape index (κ3) is 7.22. The lowest BCUT2D eigenvalue weighted by Gasteiger charge is -2.05. The fourth-order valence-electron chi connectivity index (χ4n) is 4.88. The van der Waals surface area contributed by atoms with Crippen LogP contribution in [0.4, 0.5) is 0 Å². The summed E-state index contributed by atoms with van der Waals surface area (Å²) in [4.78, 5) is 16.4. The lowest BCUT2D eigenvalue weighted by molar-refractivity contribution is 0.308. The minimum absolute atomic E-state index is 0.731. The highest BCUT2D eigenvalue weighted by Gasteiger charge is 2.06. The molecule has 8 bridgehead atoms. The number of unbranched alkanes of at least 4 members (excludes halogenated alkanes) is 9. The van der Waals surface area contributed by atoms with E-state index in [0.717, 1.165) is 63.6 Å². The molecule has 0 unspecified atom stereocenters. The van der Waals surface area contributed by atoms with E-state index in [4.69, 9.17) is 14.7 Å². The molecule has 0 fully saturated rings. The quantitative estimate of drug-likeness (QED) is 0.170. The van der Waals surface area contributed by atoms with Crippen LogP contribution in [0.5, 0.6) is 5.75 Å². The van der Waals surface area contributed by atoms with Crippen LogP contribution in [-0.4, -0.2) is 26.5 Å². The molecule has 0 aliphatic carbocycles. The molecule has 5 rings (SSSR count). The zero-order valence-corrected chi connectivity index (χ0v) is 21.9.